The Balaban J connectivity index is 1.68. The normalized spacial score (nSPS) is 30.4. The van der Waals surface area contributed by atoms with Crippen LogP contribution >= 0.6 is 0 Å². The van der Waals surface area contributed by atoms with Crippen molar-refractivity contribution >= 4 is 11.9 Å². The molecule has 0 saturated heterocycles. The molecule has 0 spiro atoms. The number of allylic oxidation sites excluding steroid dienone is 2. The summed E-state index contributed by atoms with van der Waals surface area (Å²) in [5.41, 5.74) is 0.909. The van der Waals surface area contributed by atoms with Gasteiger partial charge >= 0.3 is 5.97 Å². The van der Waals surface area contributed by atoms with Crippen LogP contribution in [0.15, 0.2) is 36.7 Å². The molecule has 0 radical (unpaired) electrons. The molecule has 5 heteroatoms. The van der Waals surface area contributed by atoms with Crippen LogP contribution in [0.25, 0.3) is 0 Å². The maximum absolute atomic E-state index is 12.3. The number of hydrogen-bond donors (Lipinski definition) is 2. The molecule has 4 atom stereocenters. The van der Waals surface area contributed by atoms with E-state index in [1.165, 1.54) is 0 Å². The minimum atomic E-state index is -0.872. The molecule has 1 saturated carbocycles. The van der Waals surface area contributed by atoms with E-state index in [1.54, 1.807) is 12.4 Å². The molecule has 2 bridgehead atoms. The summed E-state index contributed by atoms with van der Waals surface area (Å²) in [5, 5.41) is 12.2. The van der Waals surface area contributed by atoms with E-state index in [-0.39, 0.29) is 17.7 Å². The van der Waals surface area contributed by atoms with Gasteiger partial charge in [-0.2, -0.15) is 0 Å². The third-order valence-corrected chi connectivity index (χ3v) is 4.24. The summed E-state index contributed by atoms with van der Waals surface area (Å²) in [6.07, 6.45) is 8.07. The highest BCUT2D eigenvalue weighted by molar-refractivity contribution is 5.86. The van der Waals surface area contributed by atoms with Gasteiger partial charge in [-0.25, -0.2) is 0 Å². The van der Waals surface area contributed by atoms with Crippen LogP contribution in [0.5, 0.6) is 0 Å². The first-order chi connectivity index (χ1) is 9.66. The van der Waals surface area contributed by atoms with E-state index in [0.29, 0.717) is 6.54 Å². The zero-order valence-corrected chi connectivity index (χ0v) is 10.9. The third kappa shape index (κ3) is 2.19. The molecule has 1 aromatic heterocycles. The monoisotopic (exact) mass is 272 g/mol. The van der Waals surface area contributed by atoms with E-state index >= 15 is 0 Å². The van der Waals surface area contributed by atoms with Crippen LogP contribution in [0.3, 0.4) is 0 Å². The molecular formula is C15H16N2O3. The van der Waals surface area contributed by atoms with Gasteiger partial charge in [0, 0.05) is 18.9 Å². The standard InChI is InChI=1S/C15H16N2O3/c18-14(17-8-9-2-1-5-16-7-9)12-10-3-4-11(6-10)13(12)15(19)20/h1-5,7,10-13H,6,8H2,(H,17,18)(H,19,20)/t10-,11-,12+,13-/m0/s1. The predicted octanol–water partition coefficient (Wildman–Crippen LogP) is 1.22. The van der Waals surface area contributed by atoms with E-state index < -0.39 is 17.8 Å². The maximum Gasteiger partial charge on any atom is 0.307 e. The number of pyridine rings is 1. The molecular weight excluding hydrogens is 256 g/mol. The van der Waals surface area contributed by atoms with Crippen LogP contribution in [0.4, 0.5) is 0 Å². The average molecular weight is 272 g/mol. The molecule has 2 N–H and O–H groups in total. The van der Waals surface area contributed by atoms with Gasteiger partial charge in [0.1, 0.15) is 0 Å². The Morgan fingerprint density at radius 1 is 1.30 bits per heavy atom. The fraction of sp³-hybridized carbons (Fsp3) is 0.400. The van der Waals surface area contributed by atoms with Gasteiger partial charge in [-0.05, 0) is 29.9 Å². The summed E-state index contributed by atoms with van der Waals surface area (Å²) in [6, 6.07) is 3.68. The van der Waals surface area contributed by atoms with Crippen molar-refractivity contribution in [2.24, 2.45) is 23.7 Å². The number of nitrogens with zero attached hydrogens (tertiary/aromatic N) is 1. The fourth-order valence-corrected chi connectivity index (χ4v) is 3.33. The molecule has 3 rings (SSSR count). The smallest absolute Gasteiger partial charge is 0.307 e. The van der Waals surface area contributed by atoms with Gasteiger partial charge in [-0.15, -0.1) is 0 Å². The highest BCUT2D eigenvalue weighted by Gasteiger charge is 2.51. The molecule has 20 heavy (non-hydrogen) atoms. The summed E-state index contributed by atoms with van der Waals surface area (Å²) >= 11 is 0. The first-order valence-corrected chi connectivity index (χ1v) is 6.74. The number of aromatic nitrogens is 1. The topological polar surface area (TPSA) is 79.3 Å². The number of nitrogens with one attached hydrogen (secondary N) is 1. The van der Waals surface area contributed by atoms with Crippen molar-refractivity contribution in [1.82, 2.24) is 10.3 Å². The van der Waals surface area contributed by atoms with Crippen LogP contribution in [-0.4, -0.2) is 22.0 Å². The molecule has 2 aliphatic carbocycles. The molecule has 0 aromatic carbocycles. The van der Waals surface area contributed by atoms with E-state index in [2.05, 4.69) is 10.3 Å². The quantitative estimate of drug-likeness (QED) is 0.808. The van der Waals surface area contributed by atoms with E-state index in [9.17, 15) is 14.7 Å². The number of carboxylic acids is 1. The van der Waals surface area contributed by atoms with Crippen molar-refractivity contribution in [2.75, 3.05) is 0 Å². The number of carbonyl (C=O) groups excluding carboxylic acids is 1. The Morgan fingerprint density at radius 2 is 2.05 bits per heavy atom. The number of fused-ring (bicyclic) bond motifs is 2. The highest BCUT2D eigenvalue weighted by Crippen LogP contribution is 2.48. The van der Waals surface area contributed by atoms with Crippen molar-refractivity contribution in [1.29, 1.82) is 0 Å². The van der Waals surface area contributed by atoms with Crippen LogP contribution in [0.2, 0.25) is 0 Å². The molecule has 2 aliphatic rings. The van der Waals surface area contributed by atoms with Gasteiger partial charge in [0.25, 0.3) is 0 Å². The number of amides is 1. The third-order valence-electron chi connectivity index (χ3n) is 4.24. The van der Waals surface area contributed by atoms with Crippen LogP contribution < -0.4 is 5.32 Å². The number of rotatable bonds is 4. The first-order valence-electron chi connectivity index (χ1n) is 6.74. The van der Waals surface area contributed by atoms with Gasteiger partial charge in [0.05, 0.1) is 11.8 Å². The lowest BCUT2D eigenvalue weighted by atomic mass is 9.82. The highest BCUT2D eigenvalue weighted by atomic mass is 16.4. The number of carbonyl (C=O) groups is 2. The largest absolute Gasteiger partial charge is 0.481 e. The summed E-state index contributed by atoms with van der Waals surface area (Å²) in [6.45, 7) is 0.386. The van der Waals surface area contributed by atoms with E-state index in [1.807, 2.05) is 24.3 Å². The summed E-state index contributed by atoms with van der Waals surface area (Å²) < 4.78 is 0. The Kier molecular flexibility index (Phi) is 3.26. The first kappa shape index (κ1) is 12.8. The van der Waals surface area contributed by atoms with Gasteiger partial charge in [-0.1, -0.05) is 18.2 Å². The van der Waals surface area contributed by atoms with Gasteiger partial charge < -0.3 is 10.4 Å². The van der Waals surface area contributed by atoms with E-state index in [0.717, 1.165) is 12.0 Å². The number of carboxylic acid groups (broad SMARTS) is 1. The Morgan fingerprint density at radius 3 is 2.70 bits per heavy atom. The zero-order chi connectivity index (χ0) is 14.1. The van der Waals surface area contributed by atoms with Crippen LogP contribution in [-0.2, 0) is 16.1 Å². The van der Waals surface area contributed by atoms with Crippen molar-refractivity contribution in [2.45, 2.75) is 13.0 Å². The minimum absolute atomic E-state index is 0.00615. The molecule has 1 fully saturated rings. The second-order valence-corrected chi connectivity index (χ2v) is 5.42. The van der Waals surface area contributed by atoms with Gasteiger partial charge in [0.2, 0.25) is 5.91 Å². The molecule has 1 amide bonds. The molecule has 5 nitrogen and oxygen atoms in total. The van der Waals surface area contributed by atoms with E-state index in [4.69, 9.17) is 0 Å². The fourth-order valence-electron chi connectivity index (χ4n) is 3.33. The number of hydrogen-bond acceptors (Lipinski definition) is 3. The summed E-state index contributed by atoms with van der Waals surface area (Å²) in [5.74, 6) is -2.00. The molecule has 104 valence electrons. The molecule has 1 heterocycles. The minimum Gasteiger partial charge on any atom is -0.481 e. The van der Waals surface area contributed by atoms with Crippen LogP contribution in [0.1, 0.15) is 12.0 Å². The van der Waals surface area contributed by atoms with Gasteiger partial charge in [-0.3, -0.25) is 14.6 Å². The van der Waals surface area contributed by atoms with Crippen molar-refractivity contribution < 1.29 is 14.7 Å². The second kappa shape index (κ2) is 5.07. The summed E-state index contributed by atoms with van der Waals surface area (Å²) in [4.78, 5) is 27.6. The second-order valence-electron chi connectivity index (χ2n) is 5.42. The van der Waals surface area contributed by atoms with Gasteiger partial charge in [0.15, 0.2) is 0 Å². The molecule has 0 aliphatic heterocycles. The summed E-state index contributed by atoms with van der Waals surface area (Å²) in [7, 11) is 0. The zero-order valence-electron chi connectivity index (χ0n) is 10.9. The Bertz CT molecular complexity index is 555. The van der Waals surface area contributed by atoms with Crippen molar-refractivity contribution in [3.05, 3.63) is 42.2 Å². The lowest BCUT2D eigenvalue weighted by Crippen LogP contribution is -2.39. The number of aliphatic carboxylic acids is 1. The Hall–Kier alpha value is -2.17. The average Bonchev–Trinajstić information content (AvgIpc) is 3.06. The lowest BCUT2D eigenvalue weighted by Gasteiger charge is -2.23. The van der Waals surface area contributed by atoms with Crippen molar-refractivity contribution in [3.63, 3.8) is 0 Å². The Labute approximate surface area is 116 Å². The SMILES string of the molecule is O=C(O)[C@@H]1[C@H](C(=O)NCc2cccnc2)[C@H]2C=C[C@H]1C2. The molecule has 0 unspecified atom stereocenters. The maximum atomic E-state index is 12.3. The predicted molar refractivity (Wildman–Crippen MR) is 71.4 cm³/mol. The lowest BCUT2D eigenvalue weighted by molar-refractivity contribution is -0.147. The van der Waals surface area contributed by atoms with Crippen molar-refractivity contribution in [3.8, 4) is 0 Å². The molecule has 1 aromatic rings. The van der Waals surface area contributed by atoms with Crippen LogP contribution in [0, 0.1) is 23.7 Å².